The number of nitrogens with one attached hydrogen (secondary N) is 2. The van der Waals surface area contributed by atoms with Gasteiger partial charge in [-0.2, -0.15) is 0 Å². The molecule has 0 fully saturated rings. The van der Waals surface area contributed by atoms with Crippen molar-refractivity contribution in [1.82, 2.24) is 5.32 Å². The van der Waals surface area contributed by atoms with Crippen LogP contribution >= 0.6 is 0 Å². The highest BCUT2D eigenvalue weighted by atomic mass is 16.2. The third-order valence-electron chi connectivity index (χ3n) is 2.49. The Hall–Kier alpha value is -2.10. The summed E-state index contributed by atoms with van der Waals surface area (Å²) < 4.78 is 0. The van der Waals surface area contributed by atoms with Crippen molar-refractivity contribution in [2.45, 2.75) is 13.8 Å². The summed E-state index contributed by atoms with van der Waals surface area (Å²) >= 11 is 0. The Morgan fingerprint density at radius 3 is 2.71 bits per heavy atom. The molecule has 1 aromatic rings. The van der Waals surface area contributed by atoms with Crippen LogP contribution in [0.5, 0.6) is 0 Å². The molecule has 2 N–H and O–H groups in total. The Balaban J connectivity index is 2.59. The number of amides is 2. The van der Waals surface area contributed by atoms with E-state index in [-0.39, 0.29) is 18.4 Å². The second-order valence-electron chi connectivity index (χ2n) is 3.72. The zero-order chi connectivity index (χ0) is 12.8. The Kier molecular flexibility index (Phi) is 4.46. The lowest BCUT2D eigenvalue weighted by Gasteiger charge is -2.10. The van der Waals surface area contributed by atoms with Gasteiger partial charge in [-0.05, 0) is 37.1 Å². The van der Waals surface area contributed by atoms with Crippen LogP contribution in [0.25, 0.3) is 0 Å². The van der Waals surface area contributed by atoms with Crippen LogP contribution in [0, 0.1) is 13.8 Å². The minimum absolute atomic E-state index is 0.0573. The topological polar surface area (TPSA) is 58.2 Å². The molecule has 1 aromatic carbocycles. The van der Waals surface area contributed by atoms with Crippen LogP contribution in [-0.2, 0) is 9.59 Å². The maximum atomic E-state index is 11.5. The summed E-state index contributed by atoms with van der Waals surface area (Å²) in [5.74, 6) is -0.616. The van der Waals surface area contributed by atoms with Crippen LogP contribution in [-0.4, -0.2) is 18.4 Å². The van der Waals surface area contributed by atoms with E-state index in [9.17, 15) is 9.59 Å². The molecule has 0 aliphatic rings. The molecule has 17 heavy (non-hydrogen) atoms. The molecule has 0 unspecified atom stereocenters. The van der Waals surface area contributed by atoms with Crippen LogP contribution in [0.15, 0.2) is 30.9 Å². The number of hydrogen-bond acceptors (Lipinski definition) is 2. The van der Waals surface area contributed by atoms with E-state index in [0.717, 1.165) is 22.9 Å². The first-order valence-electron chi connectivity index (χ1n) is 5.31. The molecule has 0 radical (unpaired) electrons. The molecular weight excluding hydrogens is 216 g/mol. The molecule has 0 bridgehead atoms. The summed E-state index contributed by atoms with van der Waals surface area (Å²) in [6.07, 6.45) is 1.13. The first kappa shape index (κ1) is 13.0. The molecule has 0 aliphatic carbocycles. The number of carbonyl (C=O) groups is 2. The van der Waals surface area contributed by atoms with Gasteiger partial charge in [-0.3, -0.25) is 9.59 Å². The van der Waals surface area contributed by atoms with E-state index in [4.69, 9.17) is 0 Å². The van der Waals surface area contributed by atoms with Crippen molar-refractivity contribution in [1.29, 1.82) is 0 Å². The van der Waals surface area contributed by atoms with E-state index in [1.807, 2.05) is 32.0 Å². The van der Waals surface area contributed by atoms with Crippen molar-refractivity contribution in [3.63, 3.8) is 0 Å². The average molecular weight is 232 g/mol. The first-order chi connectivity index (χ1) is 8.04. The van der Waals surface area contributed by atoms with Gasteiger partial charge in [0.05, 0.1) is 6.54 Å². The molecule has 0 atom stereocenters. The second-order valence-corrected chi connectivity index (χ2v) is 3.72. The average Bonchev–Trinajstić information content (AvgIpc) is 2.32. The predicted molar refractivity (Wildman–Crippen MR) is 67.8 cm³/mol. The van der Waals surface area contributed by atoms with E-state index < -0.39 is 0 Å². The van der Waals surface area contributed by atoms with Crippen LogP contribution in [0.3, 0.4) is 0 Å². The molecule has 0 heterocycles. The summed E-state index contributed by atoms with van der Waals surface area (Å²) in [4.78, 5) is 22.4. The standard InChI is InChI=1S/C13H16N2O2/c1-4-12(16)14-8-13(17)15-11-7-5-6-9(2)10(11)3/h4-7H,1,8H2,2-3H3,(H,14,16)(H,15,17). The molecule has 0 saturated heterocycles. The minimum Gasteiger partial charge on any atom is -0.343 e. The van der Waals surface area contributed by atoms with Crippen molar-refractivity contribution < 1.29 is 9.59 Å². The minimum atomic E-state index is -0.360. The SMILES string of the molecule is C=CC(=O)NCC(=O)Nc1cccc(C)c1C. The van der Waals surface area contributed by atoms with Crippen LogP contribution in [0.1, 0.15) is 11.1 Å². The largest absolute Gasteiger partial charge is 0.343 e. The smallest absolute Gasteiger partial charge is 0.243 e. The molecule has 4 heteroatoms. The Labute approximate surface area is 101 Å². The molecule has 0 aromatic heterocycles. The van der Waals surface area contributed by atoms with Gasteiger partial charge in [-0.15, -0.1) is 0 Å². The predicted octanol–water partition coefficient (Wildman–Crippen LogP) is 1.54. The van der Waals surface area contributed by atoms with Gasteiger partial charge in [0.15, 0.2) is 0 Å². The number of hydrogen-bond donors (Lipinski definition) is 2. The number of carbonyl (C=O) groups excluding carboxylic acids is 2. The normalized spacial score (nSPS) is 9.53. The van der Waals surface area contributed by atoms with Crippen molar-refractivity contribution in [2.24, 2.45) is 0 Å². The molecule has 0 spiro atoms. The third kappa shape index (κ3) is 3.75. The fourth-order valence-corrected chi connectivity index (χ4v) is 1.32. The maximum Gasteiger partial charge on any atom is 0.243 e. The summed E-state index contributed by atoms with van der Waals surface area (Å²) in [5, 5.41) is 5.16. The third-order valence-corrected chi connectivity index (χ3v) is 2.49. The second kappa shape index (κ2) is 5.84. The van der Waals surface area contributed by atoms with E-state index in [1.165, 1.54) is 0 Å². The summed E-state index contributed by atoms with van der Waals surface area (Å²) in [5.41, 5.74) is 2.90. The highest BCUT2D eigenvalue weighted by molar-refractivity contribution is 5.96. The lowest BCUT2D eigenvalue weighted by Crippen LogP contribution is -2.31. The molecule has 1 rings (SSSR count). The van der Waals surface area contributed by atoms with Gasteiger partial charge in [0.25, 0.3) is 0 Å². The van der Waals surface area contributed by atoms with Gasteiger partial charge in [0.1, 0.15) is 0 Å². The highest BCUT2D eigenvalue weighted by Gasteiger charge is 2.06. The summed E-state index contributed by atoms with van der Waals surface area (Å²) in [6, 6.07) is 5.68. The monoisotopic (exact) mass is 232 g/mol. The van der Waals surface area contributed by atoms with Crippen molar-refractivity contribution in [2.75, 3.05) is 11.9 Å². The number of benzene rings is 1. The highest BCUT2D eigenvalue weighted by Crippen LogP contribution is 2.17. The lowest BCUT2D eigenvalue weighted by atomic mass is 10.1. The Morgan fingerprint density at radius 2 is 2.06 bits per heavy atom. The van der Waals surface area contributed by atoms with E-state index in [2.05, 4.69) is 17.2 Å². The van der Waals surface area contributed by atoms with Gasteiger partial charge in [-0.25, -0.2) is 0 Å². The van der Waals surface area contributed by atoms with Gasteiger partial charge < -0.3 is 10.6 Å². The van der Waals surface area contributed by atoms with Gasteiger partial charge >= 0.3 is 0 Å². The number of aryl methyl sites for hydroxylation is 1. The molecule has 0 aliphatic heterocycles. The molecule has 2 amide bonds. The van der Waals surface area contributed by atoms with E-state index in [1.54, 1.807) is 0 Å². The van der Waals surface area contributed by atoms with Crippen molar-refractivity contribution >= 4 is 17.5 Å². The summed E-state index contributed by atoms with van der Waals surface area (Å²) in [6.45, 7) is 7.16. The molecule has 0 saturated carbocycles. The Morgan fingerprint density at radius 1 is 1.35 bits per heavy atom. The van der Waals surface area contributed by atoms with E-state index >= 15 is 0 Å². The quantitative estimate of drug-likeness (QED) is 0.774. The van der Waals surface area contributed by atoms with Crippen molar-refractivity contribution in [3.05, 3.63) is 42.0 Å². The van der Waals surface area contributed by atoms with Gasteiger partial charge in [0, 0.05) is 5.69 Å². The number of rotatable bonds is 4. The first-order valence-corrected chi connectivity index (χ1v) is 5.31. The molecule has 90 valence electrons. The maximum absolute atomic E-state index is 11.5. The van der Waals surface area contributed by atoms with Crippen LogP contribution in [0.2, 0.25) is 0 Å². The van der Waals surface area contributed by atoms with Gasteiger partial charge in [0.2, 0.25) is 11.8 Å². The zero-order valence-electron chi connectivity index (χ0n) is 10.0. The zero-order valence-corrected chi connectivity index (χ0v) is 10.0. The number of anilines is 1. The Bertz CT molecular complexity index is 453. The molecule has 4 nitrogen and oxygen atoms in total. The summed E-state index contributed by atoms with van der Waals surface area (Å²) in [7, 11) is 0. The van der Waals surface area contributed by atoms with E-state index in [0.29, 0.717) is 0 Å². The lowest BCUT2D eigenvalue weighted by molar-refractivity contribution is -0.121. The molecular formula is C13H16N2O2. The van der Waals surface area contributed by atoms with Gasteiger partial charge in [-0.1, -0.05) is 18.7 Å². The van der Waals surface area contributed by atoms with Crippen molar-refractivity contribution in [3.8, 4) is 0 Å². The fourth-order valence-electron chi connectivity index (χ4n) is 1.32. The van der Waals surface area contributed by atoms with Crippen LogP contribution in [0.4, 0.5) is 5.69 Å². The fraction of sp³-hybridized carbons (Fsp3) is 0.231. The van der Waals surface area contributed by atoms with Crippen LogP contribution < -0.4 is 10.6 Å².